The number of carbonyl (C=O) groups is 2. The van der Waals surface area contributed by atoms with E-state index in [-0.39, 0.29) is 5.60 Å². The molecule has 1 aliphatic carbocycles. The average Bonchev–Trinajstić information content (AvgIpc) is 3.31. The van der Waals surface area contributed by atoms with Gasteiger partial charge in [-0.1, -0.05) is 55.2 Å². The Morgan fingerprint density at radius 3 is 1.72 bits per heavy atom. The fourth-order valence-corrected chi connectivity index (χ4v) is 2.69. The first-order chi connectivity index (χ1) is 13.9. The average molecular weight is 409 g/mol. The number of ether oxygens (including phenoxy) is 1. The fourth-order valence-electron chi connectivity index (χ4n) is 2.69. The molecular formula is C24H44N2O3. The molecule has 0 radical (unpaired) electrons. The summed E-state index contributed by atoms with van der Waals surface area (Å²) in [7, 11) is 2.07. The molecule has 0 amide bonds. The zero-order valence-electron chi connectivity index (χ0n) is 19.3. The minimum atomic E-state index is -0.318. The van der Waals surface area contributed by atoms with Crippen LogP contribution in [0.2, 0.25) is 0 Å². The lowest BCUT2D eigenvalue weighted by Crippen LogP contribution is -2.26. The Labute approximate surface area is 179 Å². The van der Waals surface area contributed by atoms with Gasteiger partial charge in [0.1, 0.15) is 12.4 Å². The number of hydrogen-bond donors (Lipinski definition) is 2. The monoisotopic (exact) mass is 408 g/mol. The summed E-state index contributed by atoms with van der Waals surface area (Å²) in [5.41, 5.74) is 1.00. The van der Waals surface area contributed by atoms with Gasteiger partial charge in [-0.05, 0) is 73.5 Å². The van der Waals surface area contributed by atoms with Crippen molar-refractivity contribution in [2.24, 2.45) is 0 Å². The van der Waals surface area contributed by atoms with Crippen molar-refractivity contribution in [3.63, 3.8) is 0 Å². The Balaban J connectivity index is 0. The van der Waals surface area contributed by atoms with E-state index in [4.69, 9.17) is 4.79 Å². The first-order valence-corrected chi connectivity index (χ1v) is 10.7. The van der Waals surface area contributed by atoms with Crippen LogP contribution in [0.1, 0.15) is 71.3 Å². The maximum absolute atomic E-state index is 9.60. The van der Waals surface area contributed by atoms with E-state index in [2.05, 4.69) is 41.5 Å². The summed E-state index contributed by atoms with van der Waals surface area (Å²) in [5.74, 6) is 0. The van der Waals surface area contributed by atoms with Crippen molar-refractivity contribution in [3.8, 4) is 0 Å². The standard InChI is InChI=1S/C7H15N.C7H8.C5H10O2.C4H9N.CH2O/c1-8-7-5-3-2-4-6-7;1-7-5-3-2-4-6-7;1-5(2,3)7-4-6;1-2-4-5-3-1;1-2/h7-8H,2-6H2,1H3;2-6H,1H3;4H,1-3H3;5H,1-4H2;1H2. The van der Waals surface area contributed by atoms with Crippen molar-refractivity contribution in [2.75, 3.05) is 20.1 Å². The molecule has 1 heterocycles. The molecule has 0 spiro atoms. The molecule has 2 aliphatic rings. The Bertz CT molecular complexity index is 443. The van der Waals surface area contributed by atoms with Crippen LogP contribution in [0.4, 0.5) is 0 Å². The van der Waals surface area contributed by atoms with Gasteiger partial charge in [-0.25, -0.2) is 0 Å². The summed E-state index contributed by atoms with van der Waals surface area (Å²) < 4.78 is 4.55. The van der Waals surface area contributed by atoms with Crippen LogP contribution in [0.15, 0.2) is 30.3 Å². The third-order valence-electron chi connectivity index (χ3n) is 4.31. The van der Waals surface area contributed by atoms with Crippen LogP contribution in [-0.4, -0.2) is 45.0 Å². The van der Waals surface area contributed by atoms with Gasteiger partial charge in [-0.2, -0.15) is 0 Å². The van der Waals surface area contributed by atoms with Gasteiger partial charge in [0.05, 0.1) is 0 Å². The molecule has 29 heavy (non-hydrogen) atoms. The number of hydrogen-bond acceptors (Lipinski definition) is 5. The van der Waals surface area contributed by atoms with Crippen LogP contribution >= 0.6 is 0 Å². The van der Waals surface area contributed by atoms with E-state index in [1.807, 2.05) is 45.8 Å². The highest BCUT2D eigenvalue weighted by Gasteiger charge is 2.09. The molecule has 5 nitrogen and oxygen atoms in total. The minimum absolute atomic E-state index is 0.318. The Kier molecular flexibility index (Phi) is 21.3. The summed E-state index contributed by atoms with van der Waals surface area (Å²) in [6.07, 6.45) is 9.90. The molecule has 0 bridgehead atoms. The highest BCUT2D eigenvalue weighted by molar-refractivity contribution is 5.37. The second kappa shape index (κ2) is 21.0. The van der Waals surface area contributed by atoms with E-state index in [0.29, 0.717) is 6.47 Å². The summed E-state index contributed by atoms with van der Waals surface area (Å²) in [6.45, 7) is 12.5. The topological polar surface area (TPSA) is 67.4 Å². The molecule has 0 unspecified atom stereocenters. The van der Waals surface area contributed by atoms with Crippen LogP contribution in [0, 0.1) is 6.92 Å². The molecule has 1 aliphatic heterocycles. The molecule has 5 heteroatoms. The second-order valence-corrected chi connectivity index (χ2v) is 8.06. The lowest BCUT2D eigenvalue weighted by atomic mass is 9.96. The van der Waals surface area contributed by atoms with E-state index in [9.17, 15) is 4.79 Å². The Morgan fingerprint density at radius 2 is 1.52 bits per heavy atom. The first-order valence-electron chi connectivity index (χ1n) is 10.7. The van der Waals surface area contributed by atoms with Crippen molar-refractivity contribution in [3.05, 3.63) is 35.9 Å². The number of benzene rings is 1. The van der Waals surface area contributed by atoms with Crippen LogP contribution < -0.4 is 10.6 Å². The van der Waals surface area contributed by atoms with Crippen LogP contribution in [0.25, 0.3) is 0 Å². The molecular weight excluding hydrogens is 364 g/mol. The van der Waals surface area contributed by atoms with E-state index >= 15 is 0 Å². The van der Waals surface area contributed by atoms with Gasteiger partial charge in [0.25, 0.3) is 6.47 Å². The smallest absolute Gasteiger partial charge is 0.293 e. The lowest BCUT2D eigenvalue weighted by molar-refractivity contribution is -0.138. The second-order valence-electron chi connectivity index (χ2n) is 8.06. The quantitative estimate of drug-likeness (QED) is 0.696. The Morgan fingerprint density at radius 1 is 1.00 bits per heavy atom. The fraction of sp³-hybridized carbons (Fsp3) is 0.667. The van der Waals surface area contributed by atoms with E-state index in [1.165, 1.54) is 63.6 Å². The van der Waals surface area contributed by atoms with Gasteiger partial charge in [0, 0.05) is 6.04 Å². The van der Waals surface area contributed by atoms with Crippen LogP contribution in [-0.2, 0) is 14.3 Å². The molecule has 1 aromatic rings. The molecule has 1 saturated heterocycles. The molecule has 168 valence electrons. The molecule has 0 atom stereocenters. The summed E-state index contributed by atoms with van der Waals surface area (Å²) >= 11 is 0. The predicted molar refractivity (Wildman–Crippen MR) is 123 cm³/mol. The molecule has 2 fully saturated rings. The largest absolute Gasteiger partial charge is 0.462 e. The van der Waals surface area contributed by atoms with Gasteiger partial charge in [-0.3, -0.25) is 4.79 Å². The number of aryl methyl sites for hydroxylation is 1. The molecule has 2 N–H and O–H groups in total. The van der Waals surface area contributed by atoms with E-state index in [0.717, 1.165) is 6.04 Å². The van der Waals surface area contributed by atoms with Gasteiger partial charge >= 0.3 is 0 Å². The van der Waals surface area contributed by atoms with E-state index in [1.54, 1.807) is 0 Å². The van der Waals surface area contributed by atoms with Crippen LogP contribution in [0.3, 0.4) is 0 Å². The SMILES string of the molecule is C1CCNC1.C=O.CC(C)(C)OC=O.CNC1CCCCC1.Cc1ccccc1. The third-order valence-corrected chi connectivity index (χ3v) is 4.31. The highest BCUT2D eigenvalue weighted by Crippen LogP contribution is 2.16. The minimum Gasteiger partial charge on any atom is -0.462 e. The van der Waals surface area contributed by atoms with Gasteiger partial charge in [0.2, 0.25) is 0 Å². The zero-order chi connectivity index (χ0) is 22.4. The van der Waals surface area contributed by atoms with Crippen LogP contribution in [0.5, 0.6) is 0 Å². The van der Waals surface area contributed by atoms with Crippen molar-refractivity contribution in [2.45, 2.75) is 84.3 Å². The van der Waals surface area contributed by atoms with Crippen molar-refractivity contribution < 1.29 is 14.3 Å². The molecule has 3 rings (SSSR count). The first kappa shape index (κ1) is 29.5. The third kappa shape index (κ3) is 24.2. The molecule has 1 aromatic carbocycles. The Hall–Kier alpha value is -1.72. The van der Waals surface area contributed by atoms with Crippen molar-refractivity contribution in [1.82, 2.24) is 10.6 Å². The normalized spacial score (nSPS) is 15.5. The molecule has 1 saturated carbocycles. The van der Waals surface area contributed by atoms with Crippen molar-refractivity contribution in [1.29, 1.82) is 0 Å². The number of carbonyl (C=O) groups excluding carboxylic acids is 2. The number of nitrogens with one attached hydrogen (secondary N) is 2. The zero-order valence-corrected chi connectivity index (χ0v) is 19.3. The van der Waals surface area contributed by atoms with E-state index < -0.39 is 0 Å². The molecule has 0 aromatic heterocycles. The van der Waals surface area contributed by atoms with Gasteiger partial charge < -0.3 is 20.2 Å². The van der Waals surface area contributed by atoms with Gasteiger partial charge in [0.15, 0.2) is 0 Å². The lowest BCUT2D eigenvalue weighted by Gasteiger charge is -2.20. The predicted octanol–water partition coefficient (Wildman–Crippen LogP) is 4.68. The summed E-state index contributed by atoms with van der Waals surface area (Å²) in [4.78, 5) is 17.6. The summed E-state index contributed by atoms with van der Waals surface area (Å²) in [6, 6.07) is 11.1. The maximum Gasteiger partial charge on any atom is 0.293 e. The number of rotatable bonds is 2. The van der Waals surface area contributed by atoms with Gasteiger partial charge in [-0.15, -0.1) is 0 Å². The summed E-state index contributed by atoms with van der Waals surface area (Å²) in [5, 5.41) is 6.53. The highest BCUT2D eigenvalue weighted by atomic mass is 16.5. The maximum atomic E-state index is 9.60. The van der Waals surface area contributed by atoms with Crippen molar-refractivity contribution >= 4 is 13.3 Å².